The van der Waals surface area contributed by atoms with E-state index in [1.165, 1.54) is 0 Å². The molecule has 0 spiro atoms. The maximum atomic E-state index is 12.5. The molecule has 2 nitrogen and oxygen atoms in total. The fourth-order valence-electron chi connectivity index (χ4n) is 2.07. The van der Waals surface area contributed by atoms with Crippen LogP contribution in [0.1, 0.15) is 41.5 Å². The maximum Gasteiger partial charge on any atom is 0.131 e. The Morgan fingerprint density at radius 3 is 3.14 bits per heavy atom. The van der Waals surface area contributed by atoms with Crippen LogP contribution in [-0.4, -0.2) is 10.1 Å². The van der Waals surface area contributed by atoms with Crippen molar-refractivity contribution in [2.45, 2.75) is 39.0 Å². The first-order valence-electron chi connectivity index (χ1n) is 4.95. The number of nitrogens with zero attached hydrogens (tertiary/aromatic N) is 1. The largest absolute Gasteiger partial charge is 0.387 e. The van der Waals surface area contributed by atoms with Crippen LogP contribution in [0.15, 0.2) is 6.07 Å². The number of halogens is 1. The van der Waals surface area contributed by atoms with Crippen molar-refractivity contribution in [2.24, 2.45) is 0 Å². The first-order chi connectivity index (χ1) is 6.72. The Balaban J connectivity index is 2.51. The third kappa shape index (κ3) is 1.52. The van der Waals surface area contributed by atoms with Crippen molar-refractivity contribution in [3.8, 4) is 0 Å². The summed E-state index contributed by atoms with van der Waals surface area (Å²) in [5.74, 6) is 0. The number of aryl methyl sites for hydroxylation is 1. The molecule has 1 atom stereocenters. The molecule has 1 unspecified atom stereocenters. The highest BCUT2D eigenvalue weighted by Gasteiger charge is 2.21. The molecule has 0 aliphatic heterocycles. The van der Waals surface area contributed by atoms with E-state index in [0.29, 0.717) is 11.4 Å². The quantitative estimate of drug-likeness (QED) is 0.745. The summed E-state index contributed by atoms with van der Waals surface area (Å²) in [6, 6.07) is 1.77. The van der Waals surface area contributed by atoms with Gasteiger partial charge in [0, 0.05) is 0 Å². The van der Waals surface area contributed by atoms with E-state index in [1.807, 2.05) is 6.92 Å². The number of hydrogen-bond acceptors (Lipinski definition) is 2. The van der Waals surface area contributed by atoms with Gasteiger partial charge in [0.25, 0.3) is 0 Å². The lowest BCUT2D eigenvalue weighted by Crippen LogP contribution is -2.14. The van der Waals surface area contributed by atoms with E-state index in [2.05, 4.69) is 4.98 Å². The molecule has 1 aromatic rings. The van der Waals surface area contributed by atoms with Gasteiger partial charge in [-0.15, -0.1) is 0 Å². The number of pyridine rings is 1. The van der Waals surface area contributed by atoms with Crippen LogP contribution >= 0.6 is 0 Å². The lowest BCUT2D eigenvalue weighted by Gasteiger charge is -2.22. The number of aliphatic hydroxyl groups excluding tert-OH is 1. The fraction of sp³-hybridized carbons (Fsp3) is 0.545. The first-order valence-corrected chi connectivity index (χ1v) is 4.95. The van der Waals surface area contributed by atoms with Crippen molar-refractivity contribution in [1.82, 2.24) is 4.98 Å². The maximum absolute atomic E-state index is 12.5. The second kappa shape index (κ2) is 3.65. The Bertz CT molecular complexity index is 351. The Morgan fingerprint density at radius 1 is 1.64 bits per heavy atom. The van der Waals surface area contributed by atoms with Gasteiger partial charge in [0.15, 0.2) is 0 Å². The number of aromatic nitrogens is 1. The predicted octanol–water partition coefficient (Wildman–Crippen LogP) is 2.23. The molecule has 1 aromatic heterocycles. The molecule has 0 bridgehead atoms. The average Bonchev–Trinajstić information content (AvgIpc) is 2.19. The number of fused-ring (bicyclic) bond motifs is 1. The Labute approximate surface area is 82.8 Å². The van der Waals surface area contributed by atoms with Crippen LogP contribution in [0.2, 0.25) is 0 Å². The molecule has 3 heteroatoms. The van der Waals surface area contributed by atoms with Gasteiger partial charge in [-0.1, -0.05) is 0 Å². The highest BCUT2D eigenvalue weighted by molar-refractivity contribution is 5.34. The summed E-state index contributed by atoms with van der Waals surface area (Å²) in [7, 11) is 0. The van der Waals surface area contributed by atoms with Crippen LogP contribution < -0.4 is 0 Å². The van der Waals surface area contributed by atoms with Gasteiger partial charge in [0.05, 0.1) is 17.5 Å². The summed E-state index contributed by atoms with van der Waals surface area (Å²) >= 11 is 0. The molecule has 1 heterocycles. The Morgan fingerprint density at radius 2 is 2.43 bits per heavy atom. The molecule has 0 fully saturated rings. The monoisotopic (exact) mass is 195 g/mol. The smallest absolute Gasteiger partial charge is 0.131 e. The summed E-state index contributed by atoms with van der Waals surface area (Å²) in [6.07, 6.45) is 2.20. The number of alkyl halides is 1. The normalized spacial score (nSPS) is 20.6. The third-order valence-electron chi connectivity index (χ3n) is 2.79. The van der Waals surface area contributed by atoms with Gasteiger partial charge in [-0.25, -0.2) is 4.39 Å². The van der Waals surface area contributed by atoms with E-state index >= 15 is 0 Å². The fourth-order valence-corrected chi connectivity index (χ4v) is 2.07. The van der Waals surface area contributed by atoms with Gasteiger partial charge in [0.2, 0.25) is 0 Å². The van der Waals surface area contributed by atoms with E-state index < -0.39 is 12.8 Å². The van der Waals surface area contributed by atoms with E-state index in [1.54, 1.807) is 6.07 Å². The molecule has 1 aliphatic rings. The zero-order valence-corrected chi connectivity index (χ0v) is 8.26. The van der Waals surface area contributed by atoms with Gasteiger partial charge in [-0.2, -0.15) is 0 Å². The summed E-state index contributed by atoms with van der Waals surface area (Å²) in [4.78, 5) is 4.15. The van der Waals surface area contributed by atoms with Gasteiger partial charge >= 0.3 is 0 Å². The van der Waals surface area contributed by atoms with Crippen LogP contribution in [0.25, 0.3) is 0 Å². The summed E-state index contributed by atoms with van der Waals surface area (Å²) < 4.78 is 12.5. The van der Waals surface area contributed by atoms with Crippen molar-refractivity contribution in [3.63, 3.8) is 0 Å². The Hall–Kier alpha value is -0.960. The van der Waals surface area contributed by atoms with Crippen molar-refractivity contribution >= 4 is 0 Å². The molecule has 1 aliphatic carbocycles. The van der Waals surface area contributed by atoms with Gasteiger partial charge in [-0.3, -0.25) is 4.98 Å². The minimum absolute atomic E-state index is 0.433. The van der Waals surface area contributed by atoms with Crippen molar-refractivity contribution in [1.29, 1.82) is 0 Å². The molecule has 0 saturated heterocycles. The molecule has 1 N–H and O–H groups in total. The molecule has 14 heavy (non-hydrogen) atoms. The summed E-state index contributed by atoms with van der Waals surface area (Å²) in [5, 5.41) is 9.72. The third-order valence-corrected chi connectivity index (χ3v) is 2.79. The van der Waals surface area contributed by atoms with Crippen molar-refractivity contribution in [3.05, 3.63) is 28.6 Å². The van der Waals surface area contributed by atoms with Gasteiger partial charge in [0.1, 0.15) is 6.67 Å². The zero-order chi connectivity index (χ0) is 10.1. The van der Waals surface area contributed by atoms with Crippen LogP contribution in [0.4, 0.5) is 4.39 Å². The van der Waals surface area contributed by atoms with Crippen LogP contribution in [0, 0.1) is 6.92 Å². The summed E-state index contributed by atoms with van der Waals surface area (Å²) in [5.41, 5.74) is 3.30. The Kier molecular flexibility index (Phi) is 2.50. The minimum atomic E-state index is -0.555. The van der Waals surface area contributed by atoms with Crippen molar-refractivity contribution < 1.29 is 9.50 Å². The zero-order valence-electron chi connectivity index (χ0n) is 8.26. The molecule has 0 saturated carbocycles. The van der Waals surface area contributed by atoms with E-state index in [0.717, 1.165) is 30.4 Å². The second-order valence-corrected chi connectivity index (χ2v) is 3.84. The topological polar surface area (TPSA) is 33.1 Å². The van der Waals surface area contributed by atoms with Gasteiger partial charge < -0.3 is 5.11 Å². The lowest BCUT2D eigenvalue weighted by atomic mass is 9.90. The molecule has 0 amide bonds. The van der Waals surface area contributed by atoms with Crippen LogP contribution in [0.5, 0.6) is 0 Å². The molecular formula is C11H14FNO. The lowest BCUT2D eigenvalue weighted by molar-refractivity contribution is 0.151. The average molecular weight is 195 g/mol. The molecule has 76 valence electrons. The predicted molar refractivity (Wildman–Crippen MR) is 51.7 cm³/mol. The number of rotatable bonds is 1. The van der Waals surface area contributed by atoms with E-state index in [4.69, 9.17) is 0 Å². The number of aliphatic hydroxyl groups is 1. The second-order valence-electron chi connectivity index (χ2n) is 3.84. The molecule has 2 rings (SSSR count). The van der Waals surface area contributed by atoms with E-state index in [-0.39, 0.29) is 0 Å². The van der Waals surface area contributed by atoms with Crippen LogP contribution in [-0.2, 0) is 13.1 Å². The highest BCUT2D eigenvalue weighted by atomic mass is 19.1. The first kappa shape index (κ1) is 9.59. The molecular weight excluding hydrogens is 181 g/mol. The SMILES string of the molecule is Cc1cc(CF)nc2c1CCCC2O. The van der Waals surface area contributed by atoms with Crippen molar-refractivity contribution in [2.75, 3.05) is 0 Å². The molecule has 0 radical (unpaired) electrons. The van der Waals surface area contributed by atoms with E-state index in [9.17, 15) is 9.50 Å². The van der Waals surface area contributed by atoms with Crippen LogP contribution in [0.3, 0.4) is 0 Å². The number of hydrogen-bond donors (Lipinski definition) is 1. The van der Waals surface area contributed by atoms with Gasteiger partial charge in [-0.05, 0) is 43.4 Å². The standard InChI is InChI=1S/C11H14FNO/c1-7-5-8(6-12)13-11-9(7)3-2-4-10(11)14/h5,10,14H,2-4,6H2,1H3. The summed E-state index contributed by atoms with van der Waals surface area (Å²) in [6.45, 7) is 1.40. The highest BCUT2D eigenvalue weighted by Crippen LogP contribution is 2.30. The minimum Gasteiger partial charge on any atom is -0.387 e. The molecule has 0 aromatic carbocycles.